The van der Waals surface area contributed by atoms with Gasteiger partial charge >= 0.3 is 0 Å². The van der Waals surface area contributed by atoms with Crippen LogP contribution in [0.3, 0.4) is 0 Å². The molecule has 1 fully saturated rings. The molecule has 1 aromatic carbocycles. The average Bonchev–Trinajstić information content (AvgIpc) is 2.40. The van der Waals surface area contributed by atoms with Gasteiger partial charge in [-0.15, -0.1) is 0 Å². The van der Waals surface area contributed by atoms with Gasteiger partial charge in [0.05, 0.1) is 6.42 Å². The van der Waals surface area contributed by atoms with Gasteiger partial charge in [-0.05, 0) is 43.6 Å². The molecule has 1 aliphatic heterocycles. The molecule has 1 amide bonds. The van der Waals surface area contributed by atoms with Crippen molar-refractivity contribution < 1.29 is 4.79 Å². The number of anilines is 1. The van der Waals surface area contributed by atoms with Crippen molar-refractivity contribution in [3.05, 3.63) is 29.8 Å². The van der Waals surface area contributed by atoms with Crippen molar-refractivity contribution in [1.29, 1.82) is 0 Å². The molecular weight excluding hydrogens is 238 g/mol. The van der Waals surface area contributed by atoms with Gasteiger partial charge in [-0.2, -0.15) is 0 Å². The van der Waals surface area contributed by atoms with E-state index in [9.17, 15) is 4.79 Å². The molecule has 4 heteroatoms. The first-order chi connectivity index (χ1) is 9.24. The molecule has 1 heterocycles. The Morgan fingerprint density at radius 1 is 1.26 bits per heavy atom. The second kappa shape index (κ2) is 7.14. The summed E-state index contributed by atoms with van der Waals surface area (Å²) < 4.78 is 0. The Kier molecular flexibility index (Phi) is 5.21. The number of amides is 1. The number of carbonyl (C=O) groups excluding carboxylic acids is 1. The van der Waals surface area contributed by atoms with E-state index in [0.29, 0.717) is 12.1 Å². The van der Waals surface area contributed by atoms with Gasteiger partial charge < -0.3 is 16.0 Å². The van der Waals surface area contributed by atoms with Gasteiger partial charge in [-0.1, -0.05) is 18.6 Å². The molecule has 0 unspecified atom stereocenters. The molecule has 0 aliphatic carbocycles. The lowest BCUT2D eigenvalue weighted by Crippen LogP contribution is -2.38. The zero-order valence-electron chi connectivity index (χ0n) is 11.4. The van der Waals surface area contributed by atoms with Gasteiger partial charge in [0.1, 0.15) is 0 Å². The van der Waals surface area contributed by atoms with Crippen LogP contribution in [0.1, 0.15) is 24.8 Å². The summed E-state index contributed by atoms with van der Waals surface area (Å²) in [6, 6.07) is 7.49. The van der Waals surface area contributed by atoms with E-state index in [1.54, 1.807) is 0 Å². The van der Waals surface area contributed by atoms with E-state index in [-0.39, 0.29) is 5.91 Å². The summed E-state index contributed by atoms with van der Waals surface area (Å²) in [7, 11) is 0. The van der Waals surface area contributed by atoms with Crippen molar-refractivity contribution in [2.45, 2.75) is 25.7 Å². The molecule has 2 rings (SSSR count). The van der Waals surface area contributed by atoms with Crippen LogP contribution < -0.4 is 11.1 Å². The molecule has 19 heavy (non-hydrogen) atoms. The molecule has 0 bridgehead atoms. The normalized spacial score (nSPS) is 16.2. The first-order valence-corrected chi connectivity index (χ1v) is 7.07. The van der Waals surface area contributed by atoms with Gasteiger partial charge in [0, 0.05) is 18.8 Å². The van der Waals surface area contributed by atoms with E-state index in [4.69, 9.17) is 5.73 Å². The molecule has 0 atom stereocenters. The molecule has 0 radical (unpaired) electrons. The van der Waals surface area contributed by atoms with E-state index in [1.807, 2.05) is 24.3 Å². The first kappa shape index (κ1) is 13.9. The Hall–Kier alpha value is -1.55. The average molecular weight is 261 g/mol. The molecule has 1 aliphatic rings. The zero-order chi connectivity index (χ0) is 13.5. The molecule has 3 N–H and O–H groups in total. The van der Waals surface area contributed by atoms with E-state index in [2.05, 4.69) is 10.2 Å². The van der Waals surface area contributed by atoms with Crippen molar-refractivity contribution in [3.8, 4) is 0 Å². The van der Waals surface area contributed by atoms with Crippen LogP contribution in [0.15, 0.2) is 24.3 Å². The fourth-order valence-electron chi connectivity index (χ4n) is 2.49. The van der Waals surface area contributed by atoms with E-state index in [0.717, 1.165) is 18.7 Å². The van der Waals surface area contributed by atoms with Crippen molar-refractivity contribution in [2.24, 2.45) is 0 Å². The number of carbonyl (C=O) groups is 1. The maximum atomic E-state index is 11.8. The minimum Gasteiger partial charge on any atom is -0.399 e. The number of nitrogens with two attached hydrogens (primary N) is 1. The smallest absolute Gasteiger partial charge is 0.224 e. The van der Waals surface area contributed by atoms with Crippen LogP contribution in [-0.4, -0.2) is 37.0 Å². The summed E-state index contributed by atoms with van der Waals surface area (Å²) in [5.41, 5.74) is 7.37. The summed E-state index contributed by atoms with van der Waals surface area (Å²) in [4.78, 5) is 14.2. The van der Waals surface area contributed by atoms with Gasteiger partial charge in [0.15, 0.2) is 0 Å². The Bertz CT molecular complexity index is 414. The number of hydrogen-bond donors (Lipinski definition) is 2. The van der Waals surface area contributed by atoms with E-state index in [1.165, 1.54) is 32.4 Å². The number of hydrogen-bond acceptors (Lipinski definition) is 3. The van der Waals surface area contributed by atoms with Crippen LogP contribution in [0.25, 0.3) is 0 Å². The highest BCUT2D eigenvalue weighted by Gasteiger charge is 2.10. The number of benzene rings is 1. The summed E-state index contributed by atoms with van der Waals surface area (Å²) in [5.74, 6) is 0.0719. The monoisotopic (exact) mass is 261 g/mol. The Labute approximate surface area is 115 Å². The lowest BCUT2D eigenvalue weighted by molar-refractivity contribution is -0.120. The third-order valence-corrected chi connectivity index (χ3v) is 3.51. The van der Waals surface area contributed by atoms with Crippen molar-refractivity contribution in [2.75, 3.05) is 31.9 Å². The lowest BCUT2D eigenvalue weighted by Gasteiger charge is -2.26. The molecular formula is C15H23N3O. The topological polar surface area (TPSA) is 58.4 Å². The fourth-order valence-corrected chi connectivity index (χ4v) is 2.49. The number of rotatable bonds is 5. The van der Waals surface area contributed by atoms with Crippen LogP contribution in [0.2, 0.25) is 0 Å². The summed E-state index contributed by atoms with van der Waals surface area (Å²) in [6.07, 6.45) is 4.33. The highest BCUT2D eigenvalue weighted by Crippen LogP contribution is 2.08. The van der Waals surface area contributed by atoms with E-state index >= 15 is 0 Å². The number of likely N-dealkylation sites (tertiary alicyclic amines) is 1. The second-order valence-corrected chi connectivity index (χ2v) is 5.17. The first-order valence-electron chi connectivity index (χ1n) is 7.07. The van der Waals surface area contributed by atoms with Crippen LogP contribution in [-0.2, 0) is 11.2 Å². The standard InChI is InChI=1S/C15H23N3O/c16-14-6-4-5-13(11-14)12-15(19)17-7-10-18-8-2-1-3-9-18/h4-6,11H,1-3,7-10,12,16H2,(H,17,19). The minimum atomic E-state index is 0.0719. The number of nitrogens with one attached hydrogen (secondary N) is 1. The second-order valence-electron chi connectivity index (χ2n) is 5.17. The molecule has 1 aromatic rings. The highest BCUT2D eigenvalue weighted by molar-refractivity contribution is 5.78. The minimum absolute atomic E-state index is 0.0719. The Balaban J connectivity index is 1.67. The summed E-state index contributed by atoms with van der Waals surface area (Å²) >= 11 is 0. The quantitative estimate of drug-likeness (QED) is 0.788. The summed E-state index contributed by atoms with van der Waals surface area (Å²) in [5, 5.41) is 2.98. The molecule has 4 nitrogen and oxygen atoms in total. The van der Waals surface area contributed by atoms with Gasteiger partial charge in [-0.3, -0.25) is 4.79 Å². The molecule has 1 saturated heterocycles. The van der Waals surface area contributed by atoms with Crippen molar-refractivity contribution in [3.63, 3.8) is 0 Å². The third-order valence-electron chi connectivity index (χ3n) is 3.51. The van der Waals surface area contributed by atoms with Gasteiger partial charge in [0.25, 0.3) is 0 Å². The van der Waals surface area contributed by atoms with Crippen LogP contribution >= 0.6 is 0 Å². The van der Waals surface area contributed by atoms with Gasteiger partial charge in [0.2, 0.25) is 5.91 Å². The number of piperidine rings is 1. The number of nitrogens with zero attached hydrogens (tertiary/aromatic N) is 1. The predicted octanol–water partition coefficient (Wildman–Crippen LogP) is 1.41. The zero-order valence-corrected chi connectivity index (χ0v) is 11.4. The maximum Gasteiger partial charge on any atom is 0.224 e. The maximum absolute atomic E-state index is 11.8. The molecule has 0 saturated carbocycles. The van der Waals surface area contributed by atoms with Gasteiger partial charge in [-0.25, -0.2) is 0 Å². The van der Waals surface area contributed by atoms with Crippen molar-refractivity contribution >= 4 is 11.6 Å². The largest absolute Gasteiger partial charge is 0.399 e. The third kappa shape index (κ3) is 4.91. The van der Waals surface area contributed by atoms with Crippen molar-refractivity contribution in [1.82, 2.24) is 10.2 Å². The molecule has 104 valence electrons. The Morgan fingerprint density at radius 3 is 2.79 bits per heavy atom. The molecule has 0 spiro atoms. The van der Waals surface area contributed by atoms with Crippen LogP contribution in [0.4, 0.5) is 5.69 Å². The van der Waals surface area contributed by atoms with Crippen LogP contribution in [0, 0.1) is 0 Å². The number of nitrogen functional groups attached to an aromatic ring is 1. The van der Waals surface area contributed by atoms with E-state index < -0.39 is 0 Å². The predicted molar refractivity (Wildman–Crippen MR) is 77.9 cm³/mol. The molecule has 0 aromatic heterocycles. The lowest BCUT2D eigenvalue weighted by atomic mass is 10.1. The SMILES string of the molecule is Nc1cccc(CC(=O)NCCN2CCCCC2)c1. The highest BCUT2D eigenvalue weighted by atomic mass is 16.1. The fraction of sp³-hybridized carbons (Fsp3) is 0.533. The summed E-state index contributed by atoms with van der Waals surface area (Å²) in [6.45, 7) is 4.04. The Morgan fingerprint density at radius 2 is 2.05 bits per heavy atom. The van der Waals surface area contributed by atoms with Crippen LogP contribution in [0.5, 0.6) is 0 Å².